The van der Waals surface area contributed by atoms with Gasteiger partial charge in [-0.1, -0.05) is 18.2 Å². The molecule has 6 nitrogen and oxygen atoms in total. The van der Waals surface area contributed by atoms with Crippen molar-refractivity contribution in [3.05, 3.63) is 53.9 Å². The zero-order valence-corrected chi connectivity index (χ0v) is 14.4. The Morgan fingerprint density at radius 1 is 1.28 bits per heavy atom. The topological polar surface area (TPSA) is 63.7 Å². The van der Waals surface area contributed by atoms with E-state index in [1.54, 1.807) is 13.3 Å². The molecule has 0 aliphatic carbocycles. The van der Waals surface area contributed by atoms with Crippen LogP contribution in [0.5, 0.6) is 5.75 Å². The minimum Gasteiger partial charge on any atom is -0.496 e. The number of para-hydroxylation sites is 1. The van der Waals surface area contributed by atoms with E-state index in [4.69, 9.17) is 9.47 Å². The van der Waals surface area contributed by atoms with Crippen LogP contribution >= 0.6 is 0 Å². The van der Waals surface area contributed by atoms with Crippen molar-refractivity contribution in [1.29, 1.82) is 0 Å². The summed E-state index contributed by atoms with van der Waals surface area (Å²) in [6, 6.07) is 11.6. The number of nitrogens with zero attached hydrogens (tertiary/aromatic N) is 2. The van der Waals surface area contributed by atoms with Crippen LogP contribution in [0.2, 0.25) is 0 Å². The Hall–Kier alpha value is -2.60. The molecule has 1 aliphatic heterocycles. The molecule has 1 aromatic carbocycles. The highest BCUT2D eigenvalue weighted by Crippen LogP contribution is 2.18. The van der Waals surface area contributed by atoms with Gasteiger partial charge in [0, 0.05) is 31.5 Å². The third-order valence-electron chi connectivity index (χ3n) is 4.22. The highest BCUT2D eigenvalue weighted by molar-refractivity contribution is 5.93. The molecule has 0 radical (unpaired) electrons. The van der Waals surface area contributed by atoms with Crippen molar-refractivity contribution in [3.8, 4) is 5.75 Å². The lowest BCUT2D eigenvalue weighted by Gasteiger charge is -2.28. The fraction of sp³-hybridized carbons (Fsp3) is 0.368. The van der Waals surface area contributed by atoms with Crippen LogP contribution in [0.1, 0.15) is 16.1 Å². The summed E-state index contributed by atoms with van der Waals surface area (Å²) < 4.78 is 10.7. The van der Waals surface area contributed by atoms with Crippen molar-refractivity contribution in [2.45, 2.75) is 6.42 Å². The van der Waals surface area contributed by atoms with Crippen LogP contribution in [-0.4, -0.2) is 50.8 Å². The molecule has 25 heavy (non-hydrogen) atoms. The second kappa shape index (κ2) is 8.48. The summed E-state index contributed by atoms with van der Waals surface area (Å²) in [5.74, 6) is 0.675. The van der Waals surface area contributed by atoms with E-state index in [2.05, 4.69) is 15.2 Å². The number of morpholine rings is 1. The van der Waals surface area contributed by atoms with Crippen molar-refractivity contribution in [2.75, 3.05) is 44.9 Å². The molecule has 1 fully saturated rings. The molecule has 0 unspecified atom stereocenters. The number of carbonyl (C=O) groups excluding carboxylic acids is 1. The minimum atomic E-state index is -0.162. The quantitative estimate of drug-likeness (QED) is 0.869. The first-order valence-corrected chi connectivity index (χ1v) is 8.47. The van der Waals surface area contributed by atoms with Crippen LogP contribution in [0, 0.1) is 0 Å². The van der Waals surface area contributed by atoms with Crippen LogP contribution in [0.15, 0.2) is 42.6 Å². The van der Waals surface area contributed by atoms with E-state index >= 15 is 0 Å². The molecule has 1 amide bonds. The molecule has 1 aliphatic rings. The SMILES string of the molecule is COc1ccccc1CCNC(=O)c1cc(N2CCOCC2)ccn1. The van der Waals surface area contributed by atoms with E-state index < -0.39 is 0 Å². The fourth-order valence-corrected chi connectivity index (χ4v) is 2.87. The lowest BCUT2D eigenvalue weighted by atomic mass is 10.1. The first-order chi connectivity index (χ1) is 12.3. The average molecular weight is 341 g/mol. The summed E-state index contributed by atoms with van der Waals surface area (Å²) in [6.45, 7) is 3.62. The Morgan fingerprint density at radius 2 is 2.08 bits per heavy atom. The number of nitrogens with one attached hydrogen (secondary N) is 1. The number of ether oxygens (including phenoxy) is 2. The smallest absolute Gasteiger partial charge is 0.269 e. The van der Waals surface area contributed by atoms with Crippen molar-refractivity contribution < 1.29 is 14.3 Å². The fourth-order valence-electron chi connectivity index (χ4n) is 2.87. The molecule has 3 rings (SSSR count). The molecule has 1 N–H and O–H groups in total. The summed E-state index contributed by atoms with van der Waals surface area (Å²) in [5, 5.41) is 2.93. The summed E-state index contributed by atoms with van der Waals surface area (Å²) in [6.07, 6.45) is 2.39. The van der Waals surface area contributed by atoms with E-state index in [0.717, 1.165) is 30.1 Å². The van der Waals surface area contributed by atoms with Gasteiger partial charge in [-0.05, 0) is 30.2 Å². The van der Waals surface area contributed by atoms with Gasteiger partial charge in [-0.3, -0.25) is 9.78 Å². The average Bonchev–Trinajstić information content (AvgIpc) is 2.69. The van der Waals surface area contributed by atoms with Crippen molar-refractivity contribution in [2.24, 2.45) is 0 Å². The number of pyridine rings is 1. The van der Waals surface area contributed by atoms with E-state index in [0.29, 0.717) is 31.9 Å². The van der Waals surface area contributed by atoms with Gasteiger partial charge in [0.1, 0.15) is 11.4 Å². The van der Waals surface area contributed by atoms with Crippen molar-refractivity contribution >= 4 is 11.6 Å². The number of hydrogen-bond donors (Lipinski definition) is 1. The molecule has 2 heterocycles. The first kappa shape index (κ1) is 17.2. The molecule has 1 saturated heterocycles. The third kappa shape index (κ3) is 4.48. The van der Waals surface area contributed by atoms with Gasteiger partial charge in [-0.15, -0.1) is 0 Å². The molecular formula is C19H23N3O3. The zero-order valence-electron chi connectivity index (χ0n) is 14.4. The van der Waals surface area contributed by atoms with E-state index in [9.17, 15) is 4.79 Å². The second-order valence-corrected chi connectivity index (χ2v) is 5.82. The molecule has 0 saturated carbocycles. The largest absolute Gasteiger partial charge is 0.496 e. The molecular weight excluding hydrogens is 318 g/mol. The molecule has 0 bridgehead atoms. The highest BCUT2D eigenvalue weighted by atomic mass is 16.5. The minimum absolute atomic E-state index is 0.162. The van der Waals surface area contributed by atoms with Gasteiger partial charge in [-0.25, -0.2) is 0 Å². The molecule has 132 valence electrons. The van der Waals surface area contributed by atoms with E-state index in [1.165, 1.54) is 0 Å². The summed E-state index contributed by atoms with van der Waals surface area (Å²) in [4.78, 5) is 18.8. The molecule has 6 heteroatoms. The number of hydrogen-bond acceptors (Lipinski definition) is 5. The van der Waals surface area contributed by atoms with Gasteiger partial charge >= 0.3 is 0 Å². The van der Waals surface area contributed by atoms with Crippen LogP contribution in [0.4, 0.5) is 5.69 Å². The maximum atomic E-state index is 12.4. The van der Waals surface area contributed by atoms with Gasteiger partial charge < -0.3 is 19.7 Å². The zero-order chi connectivity index (χ0) is 17.5. The Balaban J connectivity index is 1.58. The molecule has 1 aromatic heterocycles. The number of methoxy groups -OCH3 is 1. The Kier molecular flexibility index (Phi) is 5.85. The lowest BCUT2D eigenvalue weighted by Crippen LogP contribution is -2.36. The van der Waals surface area contributed by atoms with Crippen LogP contribution in [0.3, 0.4) is 0 Å². The van der Waals surface area contributed by atoms with Gasteiger partial charge in [-0.2, -0.15) is 0 Å². The predicted molar refractivity (Wildman–Crippen MR) is 96.3 cm³/mol. The number of carbonyl (C=O) groups is 1. The standard InChI is InChI=1S/C19H23N3O3/c1-24-18-5-3-2-4-15(18)6-8-21-19(23)17-14-16(7-9-20-17)22-10-12-25-13-11-22/h2-5,7,9,14H,6,8,10-13H2,1H3,(H,21,23). The maximum absolute atomic E-state index is 12.4. The van der Waals surface area contributed by atoms with E-state index in [-0.39, 0.29) is 5.91 Å². The number of benzene rings is 1. The normalized spacial score (nSPS) is 14.2. The van der Waals surface area contributed by atoms with Crippen LogP contribution in [-0.2, 0) is 11.2 Å². The van der Waals surface area contributed by atoms with Gasteiger partial charge in [0.2, 0.25) is 0 Å². The lowest BCUT2D eigenvalue weighted by molar-refractivity contribution is 0.0949. The first-order valence-electron chi connectivity index (χ1n) is 8.47. The highest BCUT2D eigenvalue weighted by Gasteiger charge is 2.14. The molecule has 0 atom stereocenters. The number of aromatic nitrogens is 1. The monoisotopic (exact) mass is 341 g/mol. The maximum Gasteiger partial charge on any atom is 0.269 e. The molecule has 0 spiro atoms. The summed E-state index contributed by atoms with van der Waals surface area (Å²) >= 11 is 0. The Bertz CT molecular complexity index is 715. The molecule has 2 aromatic rings. The van der Waals surface area contributed by atoms with Gasteiger partial charge in [0.25, 0.3) is 5.91 Å². The Morgan fingerprint density at radius 3 is 2.88 bits per heavy atom. The van der Waals surface area contributed by atoms with Crippen molar-refractivity contribution in [3.63, 3.8) is 0 Å². The predicted octanol–water partition coefficient (Wildman–Crippen LogP) is 1.90. The summed E-state index contributed by atoms with van der Waals surface area (Å²) in [5.41, 5.74) is 2.51. The van der Waals surface area contributed by atoms with Crippen molar-refractivity contribution in [1.82, 2.24) is 10.3 Å². The second-order valence-electron chi connectivity index (χ2n) is 5.82. The van der Waals surface area contributed by atoms with Crippen LogP contribution in [0.25, 0.3) is 0 Å². The number of rotatable bonds is 6. The van der Waals surface area contributed by atoms with Gasteiger partial charge in [0.05, 0.1) is 20.3 Å². The van der Waals surface area contributed by atoms with E-state index in [1.807, 2.05) is 36.4 Å². The van der Waals surface area contributed by atoms with Crippen LogP contribution < -0.4 is 15.0 Å². The number of amides is 1. The third-order valence-corrected chi connectivity index (χ3v) is 4.22. The van der Waals surface area contributed by atoms with Gasteiger partial charge in [0.15, 0.2) is 0 Å². The Labute approximate surface area is 147 Å². The summed E-state index contributed by atoms with van der Waals surface area (Å²) in [7, 11) is 1.65. The number of anilines is 1.